The molecule has 27 heavy (non-hydrogen) atoms. The Morgan fingerprint density at radius 3 is 2.59 bits per heavy atom. The molecule has 3 rings (SSSR count). The first-order valence-electron chi connectivity index (χ1n) is 7.96. The van der Waals surface area contributed by atoms with E-state index < -0.39 is 23.4 Å². The van der Waals surface area contributed by atoms with Crippen molar-refractivity contribution in [2.75, 3.05) is 18.5 Å². The molecule has 2 N–H and O–H groups in total. The highest BCUT2D eigenvalue weighted by Gasteiger charge is 2.31. The third-order valence-corrected chi connectivity index (χ3v) is 4.44. The minimum atomic E-state index is -0.658. The molecule has 2 aromatic carbocycles. The van der Waals surface area contributed by atoms with E-state index in [1.54, 1.807) is 18.2 Å². The van der Waals surface area contributed by atoms with Crippen LogP contribution in [0.3, 0.4) is 0 Å². The Morgan fingerprint density at radius 1 is 1.15 bits per heavy atom. The van der Waals surface area contributed by atoms with Crippen molar-refractivity contribution in [3.05, 3.63) is 75.7 Å². The van der Waals surface area contributed by atoms with Crippen LogP contribution < -0.4 is 5.32 Å². The molecule has 1 aliphatic rings. The van der Waals surface area contributed by atoms with Crippen LogP contribution in [0, 0.1) is 5.82 Å². The number of amides is 2. The highest BCUT2D eigenvalue weighted by molar-refractivity contribution is 9.10. The second kappa shape index (κ2) is 7.81. The van der Waals surface area contributed by atoms with Crippen molar-refractivity contribution < 1.29 is 23.9 Å². The lowest BCUT2D eigenvalue weighted by atomic mass is 10.0. The van der Waals surface area contributed by atoms with Gasteiger partial charge in [-0.2, -0.15) is 0 Å². The highest BCUT2D eigenvalue weighted by atomic mass is 79.9. The molecule has 6 nitrogen and oxygen atoms in total. The Hall–Kier alpha value is -2.84. The van der Waals surface area contributed by atoms with Crippen LogP contribution in [0.2, 0.25) is 0 Å². The maximum Gasteiger partial charge on any atom is 0.277 e. The molecule has 2 amide bonds. The van der Waals surface area contributed by atoms with Gasteiger partial charge in [-0.15, -0.1) is 0 Å². The number of nitrogens with one attached hydrogen (secondary N) is 1. The molecule has 0 fully saturated rings. The van der Waals surface area contributed by atoms with Crippen LogP contribution in [-0.2, 0) is 9.59 Å². The smallest absolute Gasteiger partial charge is 0.277 e. The van der Waals surface area contributed by atoms with E-state index in [1.165, 1.54) is 24.3 Å². The summed E-state index contributed by atoms with van der Waals surface area (Å²) in [6, 6.07) is 10.3. The number of aliphatic hydroxyl groups excluding tert-OH is 1. The highest BCUT2D eigenvalue weighted by Crippen LogP contribution is 2.27. The quantitative estimate of drug-likeness (QED) is 0.540. The van der Waals surface area contributed by atoms with Gasteiger partial charge in [-0.1, -0.05) is 28.1 Å². The summed E-state index contributed by atoms with van der Waals surface area (Å²) >= 11 is 3.27. The summed E-state index contributed by atoms with van der Waals surface area (Å²) in [5, 5.41) is 11.7. The number of rotatable bonds is 6. The van der Waals surface area contributed by atoms with Crippen LogP contribution in [0.5, 0.6) is 0 Å². The Kier molecular flexibility index (Phi) is 5.48. The molecule has 0 saturated heterocycles. The fourth-order valence-corrected chi connectivity index (χ4v) is 3.02. The number of nitrogens with zero attached hydrogens (tertiary/aromatic N) is 1. The molecule has 0 aromatic heterocycles. The van der Waals surface area contributed by atoms with E-state index in [0.29, 0.717) is 4.47 Å². The van der Waals surface area contributed by atoms with E-state index in [1.807, 2.05) is 0 Å². The number of halogens is 2. The first-order chi connectivity index (χ1) is 12.9. The third-order valence-electron chi connectivity index (χ3n) is 3.95. The summed E-state index contributed by atoms with van der Waals surface area (Å²) in [5.74, 6) is -2.40. The van der Waals surface area contributed by atoms with E-state index in [4.69, 9.17) is 5.11 Å². The van der Waals surface area contributed by atoms with Crippen molar-refractivity contribution in [1.82, 2.24) is 4.90 Å². The van der Waals surface area contributed by atoms with Crippen molar-refractivity contribution in [2.24, 2.45) is 0 Å². The maximum absolute atomic E-state index is 14.0. The van der Waals surface area contributed by atoms with E-state index >= 15 is 0 Å². The van der Waals surface area contributed by atoms with Gasteiger partial charge >= 0.3 is 0 Å². The molecule has 0 bridgehead atoms. The number of carbonyl (C=O) groups is 3. The van der Waals surface area contributed by atoms with Crippen molar-refractivity contribution in [2.45, 2.75) is 0 Å². The number of imide groups is 1. The van der Waals surface area contributed by atoms with Crippen LogP contribution in [0.1, 0.15) is 15.9 Å². The molecule has 0 unspecified atom stereocenters. The summed E-state index contributed by atoms with van der Waals surface area (Å²) in [6.07, 6.45) is 1.09. The van der Waals surface area contributed by atoms with Gasteiger partial charge in [0.25, 0.3) is 11.8 Å². The Bertz CT molecular complexity index is 974. The topological polar surface area (TPSA) is 86.7 Å². The van der Waals surface area contributed by atoms with Gasteiger partial charge in [0.1, 0.15) is 11.5 Å². The molecule has 0 saturated carbocycles. The number of ketones is 1. The number of anilines is 1. The third kappa shape index (κ3) is 3.81. The van der Waals surface area contributed by atoms with Crippen LogP contribution in [0.15, 0.2) is 58.7 Å². The van der Waals surface area contributed by atoms with Gasteiger partial charge in [-0.25, -0.2) is 4.39 Å². The van der Waals surface area contributed by atoms with Crippen molar-refractivity contribution >= 4 is 39.2 Å². The molecule has 0 spiro atoms. The number of carbonyl (C=O) groups excluding carboxylic acids is 3. The van der Waals surface area contributed by atoms with Gasteiger partial charge in [0.2, 0.25) is 0 Å². The minimum absolute atomic E-state index is 0.0293. The van der Waals surface area contributed by atoms with E-state index in [0.717, 1.165) is 11.0 Å². The molecular weight excluding hydrogens is 419 g/mol. The largest absolute Gasteiger partial charge is 0.395 e. The van der Waals surface area contributed by atoms with Gasteiger partial charge < -0.3 is 10.4 Å². The SMILES string of the molecule is O=C(c1ccccc1F)c1cc(Br)ccc1NC1=CC(=O)N(CCO)C1=O. The van der Waals surface area contributed by atoms with Gasteiger partial charge in [0.05, 0.1) is 18.7 Å². The van der Waals surface area contributed by atoms with Crippen LogP contribution >= 0.6 is 15.9 Å². The maximum atomic E-state index is 14.0. The van der Waals surface area contributed by atoms with E-state index in [2.05, 4.69) is 21.2 Å². The monoisotopic (exact) mass is 432 g/mol. The van der Waals surface area contributed by atoms with Gasteiger partial charge in [0, 0.05) is 21.8 Å². The molecular formula is C19H14BrFN2O4. The van der Waals surface area contributed by atoms with Crippen molar-refractivity contribution in [3.63, 3.8) is 0 Å². The fraction of sp³-hybridized carbons (Fsp3) is 0.105. The number of hydrogen-bond donors (Lipinski definition) is 2. The number of benzene rings is 2. The molecule has 1 aliphatic heterocycles. The number of β-amino-alcohol motifs (C(OH)–C–C–N with tert-alkyl or cyclic N) is 1. The first kappa shape index (κ1) is 18.9. The Labute approximate surface area is 162 Å². The zero-order chi connectivity index (χ0) is 19.6. The van der Waals surface area contributed by atoms with Crippen molar-refractivity contribution in [3.8, 4) is 0 Å². The Balaban J connectivity index is 1.95. The normalized spacial score (nSPS) is 13.7. The number of aliphatic hydroxyl groups is 1. The minimum Gasteiger partial charge on any atom is -0.395 e. The Morgan fingerprint density at radius 2 is 1.89 bits per heavy atom. The van der Waals surface area contributed by atoms with E-state index in [-0.39, 0.29) is 35.7 Å². The second-order valence-electron chi connectivity index (χ2n) is 5.70. The lowest BCUT2D eigenvalue weighted by molar-refractivity contribution is -0.137. The van der Waals surface area contributed by atoms with Gasteiger partial charge in [-0.3, -0.25) is 19.3 Å². The van der Waals surface area contributed by atoms with Crippen LogP contribution in [0.25, 0.3) is 0 Å². The predicted octanol–water partition coefficient (Wildman–Crippen LogP) is 2.48. The summed E-state index contributed by atoms with van der Waals surface area (Å²) < 4.78 is 14.6. The predicted molar refractivity (Wildman–Crippen MR) is 99.5 cm³/mol. The first-order valence-corrected chi connectivity index (χ1v) is 8.76. The second-order valence-corrected chi connectivity index (χ2v) is 6.62. The molecule has 2 aromatic rings. The molecule has 8 heteroatoms. The average Bonchev–Trinajstić information content (AvgIpc) is 2.91. The molecule has 0 radical (unpaired) electrons. The summed E-state index contributed by atoms with van der Waals surface area (Å²) in [5.41, 5.74) is 0.252. The molecule has 0 aliphatic carbocycles. The fourth-order valence-electron chi connectivity index (χ4n) is 2.66. The average molecular weight is 433 g/mol. The van der Waals surface area contributed by atoms with Crippen LogP contribution in [-0.4, -0.2) is 40.8 Å². The lowest BCUT2D eigenvalue weighted by Crippen LogP contribution is -2.34. The summed E-state index contributed by atoms with van der Waals surface area (Å²) in [4.78, 5) is 37.9. The van der Waals surface area contributed by atoms with Crippen molar-refractivity contribution in [1.29, 1.82) is 0 Å². The lowest BCUT2D eigenvalue weighted by Gasteiger charge is -2.15. The summed E-state index contributed by atoms with van der Waals surface area (Å²) in [7, 11) is 0. The molecule has 0 atom stereocenters. The van der Waals surface area contributed by atoms with E-state index in [9.17, 15) is 18.8 Å². The van der Waals surface area contributed by atoms with Crippen LogP contribution in [0.4, 0.5) is 10.1 Å². The van der Waals surface area contributed by atoms with Gasteiger partial charge in [-0.05, 0) is 30.3 Å². The number of hydrogen-bond acceptors (Lipinski definition) is 5. The zero-order valence-corrected chi connectivity index (χ0v) is 15.5. The standard InChI is InChI=1S/C19H14BrFN2O4/c20-11-5-6-15(22-16-10-17(25)23(7-8-24)19(16)27)13(9-11)18(26)12-3-1-2-4-14(12)21/h1-6,9-10,22,24H,7-8H2. The molecule has 138 valence electrons. The summed E-state index contributed by atoms with van der Waals surface area (Å²) in [6.45, 7) is -0.478. The molecule has 1 heterocycles. The van der Waals surface area contributed by atoms with Gasteiger partial charge in [0.15, 0.2) is 5.78 Å². The zero-order valence-electron chi connectivity index (χ0n) is 13.9.